The maximum Gasteiger partial charge on any atom is 0.181 e. The van der Waals surface area contributed by atoms with Gasteiger partial charge in [-0.15, -0.1) is 0 Å². The molecule has 2 N–H and O–H groups in total. The Bertz CT molecular complexity index is 1070. The van der Waals surface area contributed by atoms with E-state index in [2.05, 4.69) is 15.0 Å². The summed E-state index contributed by atoms with van der Waals surface area (Å²) in [7, 11) is 0. The van der Waals surface area contributed by atoms with Crippen molar-refractivity contribution in [2.24, 2.45) is 0 Å². The molecule has 3 aromatic heterocycles. The van der Waals surface area contributed by atoms with E-state index in [1.54, 1.807) is 6.20 Å². The Morgan fingerprint density at radius 1 is 0.923 bits per heavy atom. The number of thiazole rings is 1. The lowest BCUT2D eigenvalue weighted by molar-refractivity contribution is 1.21. The topological polar surface area (TPSA) is 64.7 Å². The van der Waals surface area contributed by atoms with Crippen molar-refractivity contribution in [3.63, 3.8) is 0 Å². The van der Waals surface area contributed by atoms with E-state index in [4.69, 9.17) is 17.3 Å². The van der Waals surface area contributed by atoms with Gasteiger partial charge < -0.3 is 5.73 Å². The van der Waals surface area contributed by atoms with Gasteiger partial charge in [-0.05, 0) is 43.3 Å². The Labute approximate surface area is 160 Å². The first-order valence-electron chi connectivity index (χ1n) is 8.03. The minimum atomic E-state index is 0.517. The van der Waals surface area contributed by atoms with Crippen LogP contribution < -0.4 is 5.73 Å². The van der Waals surface area contributed by atoms with Crippen LogP contribution in [-0.2, 0) is 0 Å². The van der Waals surface area contributed by atoms with E-state index in [9.17, 15) is 0 Å². The second-order valence-electron chi connectivity index (χ2n) is 5.83. The third-order valence-corrected chi connectivity index (χ3v) is 5.10. The van der Waals surface area contributed by atoms with Crippen LogP contribution in [0.5, 0.6) is 0 Å². The van der Waals surface area contributed by atoms with Crippen molar-refractivity contribution in [1.82, 2.24) is 15.0 Å². The summed E-state index contributed by atoms with van der Waals surface area (Å²) in [4.78, 5) is 14.6. The van der Waals surface area contributed by atoms with Crippen LogP contribution in [0.1, 0.15) is 5.69 Å². The van der Waals surface area contributed by atoms with Crippen LogP contribution in [0.15, 0.2) is 60.8 Å². The highest BCUT2D eigenvalue weighted by Crippen LogP contribution is 2.37. The molecular formula is C20H15ClN4S. The molecule has 0 amide bonds. The van der Waals surface area contributed by atoms with Crippen LogP contribution in [-0.4, -0.2) is 15.0 Å². The maximum absolute atomic E-state index is 6.01. The van der Waals surface area contributed by atoms with Crippen LogP contribution in [0, 0.1) is 6.92 Å². The van der Waals surface area contributed by atoms with Crippen molar-refractivity contribution in [3.05, 3.63) is 71.5 Å². The lowest BCUT2D eigenvalue weighted by atomic mass is 10.1. The highest BCUT2D eigenvalue weighted by atomic mass is 35.5. The maximum atomic E-state index is 6.01. The average Bonchev–Trinajstić information content (AvgIpc) is 3.04. The molecule has 4 nitrogen and oxygen atoms in total. The SMILES string of the molecule is Cc1cccc(-c2sc(N)nc2-c2ccnc(-c3ccc(Cl)cc3)c2)n1. The van der Waals surface area contributed by atoms with Crippen LogP contribution in [0.2, 0.25) is 5.02 Å². The number of aromatic nitrogens is 3. The van der Waals surface area contributed by atoms with Crippen molar-refractivity contribution in [1.29, 1.82) is 0 Å². The summed E-state index contributed by atoms with van der Waals surface area (Å²) >= 11 is 7.42. The van der Waals surface area contributed by atoms with Crippen molar-refractivity contribution in [2.75, 3.05) is 5.73 Å². The molecule has 0 saturated heterocycles. The van der Waals surface area contributed by atoms with Crippen molar-refractivity contribution < 1.29 is 0 Å². The molecule has 0 spiro atoms. The number of rotatable bonds is 3. The molecule has 0 unspecified atom stereocenters. The third kappa shape index (κ3) is 3.31. The molecule has 6 heteroatoms. The Morgan fingerprint density at radius 3 is 2.50 bits per heavy atom. The summed E-state index contributed by atoms with van der Waals surface area (Å²) in [6.07, 6.45) is 1.78. The van der Waals surface area contributed by atoms with Gasteiger partial charge in [0.1, 0.15) is 0 Å². The molecule has 0 atom stereocenters. The molecule has 0 aliphatic carbocycles. The van der Waals surface area contributed by atoms with Gasteiger partial charge in [0, 0.05) is 28.0 Å². The molecular weight excluding hydrogens is 364 g/mol. The van der Waals surface area contributed by atoms with Crippen LogP contribution in [0.25, 0.3) is 33.1 Å². The zero-order valence-electron chi connectivity index (χ0n) is 14.0. The van der Waals surface area contributed by atoms with Gasteiger partial charge in [-0.1, -0.05) is 41.1 Å². The first-order chi connectivity index (χ1) is 12.6. The van der Waals surface area contributed by atoms with Crippen molar-refractivity contribution >= 4 is 28.1 Å². The Hall–Kier alpha value is -2.76. The summed E-state index contributed by atoms with van der Waals surface area (Å²) in [6, 6.07) is 17.5. The molecule has 0 aliphatic rings. The van der Waals surface area contributed by atoms with Crippen molar-refractivity contribution in [3.8, 4) is 33.1 Å². The smallest absolute Gasteiger partial charge is 0.181 e. The highest BCUT2D eigenvalue weighted by Gasteiger charge is 2.16. The minimum absolute atomic E-state index is 0.517. The van der Waals surface area contributed by atoms with Gasteiger partial charge in [0.25, 0.3) is 0 Å². The fourth-order valence-electron chi connectivity index (χ4n) is 2.73. The van der Waals surface area contributed by atoms with Crippen LogP contribution in [0.3, 0.4) is 0 Å². The van der Waals surface area contributed by atoms with Gasteiger partial charge in [-0.3, -0.25) is 9.97 Å². The molecule has 0 saturated carbocycles. The number of benzene rings is 1. The number of hydrogen-bond donors (Lipinski definition) is 1. The predicted octanol–water partition coefficient (Wildman–Crippen LogP) is 5.48. The Balaban J connectivity index is 1.82. The zero-order chi connectivity index (χ0) is 18.1. The number of nitrogens with two attached hydrogens (primary N) is 1. The molecule has 0 radical (unpaired) electrons. The molecule has 0 fully saturated rings. The molecule has 4 rings (SSSR count). The average molecular weight is 379 g/mol. The van der Waals surface area contributed by atoms with E-state index >= 15 is 0 Å². The van der Waals surface area contributed by atoms with Gasteiger partial charge in [0.2, 0.25) is 0 Å². The zero-order valence-corrected chi connectivity index (χ0v) is 15.6. The summed E-state index contributed by atoms with van der Waals surface area (Å²) in [5.74, 6) is 0. The standard InChI is InChI=1S/C20H15ClN4S/c1-12-3-2-4-16(24-12)19-18(25-20(22)26-19)14-9-10-23-17(11-14)13-5-7-15(21)8-6-13/h2-11H,1H3,(H2,22,25). The van der Waals surface area contributed by atoms with Gasteiger partial charge in [0.05, 0.1) is 22.0 Å². The minimum Gasteiger partial charge on any atom is -0.375 e. The van der Waals surface area contributed by atoms with Crippen LogP contribution in [0.4, 0.5) is 5.13 Å². The molecule has 0 aliphatic heterocycles. The third-order valence-electron chi connectivity index (χ3n) is 3.94. The molecule has 0 bridgehead atoms. The highest BCUT2D eigenvalue weighted by molar-refractivity contribution is 7.19. The molecule has 3 heterocycles. The van der Waals surface area contributed by atoms with E-state index in [0.717, 1.165) is 38.8 Å². The summed E-state index contributed by atoms with van der Waals surface area (Å²) in [5, 5.41) is 1.22. The van der Waals surface area contributed by atoms with Crippen LogP contribution >= 0.6 is 22.9 Å². The number of pyridine rings is 2. The monoisotopic (exact) mass is 378 g/mol. The van der Waals surface area contributed by atoms with E-state index in [0.29, 0.717) is 10.2 Å². The van der Waals surface area contributed by atoms with Gasteiger partial charge in [0.15, 0.2) is 5.13 Å². The summed E-state index contributed by atoms with van der Waals surface area (Å²) < 4.78 is 0. The molecule has 128 valence electrons. The fourth-order valence-corrected chi connectivity index (χ4v) is 3.68. The first kappa shape index (κ1) is 16.7. The lowest BCUT2D eigenvalue weighted by Gasteiger charge is -2.06. The number of halogens is 1. The molecule has 1 aromatic carbocycles. The number of aryl methyl sites for hydroxylation is 1. The van der Waals surface area contributed by atoms with E-state index in [-0.39, 0.29) is 0 Å². The second-order valence-corrected chi connectivity index (χ2v) is 7.30. The van der Waals surface area contributed by atoms with E-state index < -0.39 is 0 Å². The number of hydrogen-bond acceptors (Lipinski definition) is 5. The van der Waals surface area contributed by atoms with E-state index in [1.807, 2.05) is 61.5 Å². The summed E-state index contributed by atoms with van der Waals surface area (Å²) in [5.41, 5.74) is 11.5. The Morgan fingerprint density at radius 2 is 1.73 bits per heavy atom. The normalized spacial score (nSPS) is 10.8. The lowest BCUT2D eigenvalue weighted by Crippen LogP contribution is -1.90. The number of nitrogen functional groups attached to an aromatic ring is 1. The molecule has 4 aromatic rings. The van der Waals surface area contributed by atoms with Crippen molar-refractivity contribution in [2.45, 2.75) is 6.92 Å². The number of nitrogens with zero attached hydrogens (tertiary/aromatic N) is 3. The van der Waals surface area contributed by atoms with E-state index in [1.165, 1.54) is 11.3 Å². The van der Waals surface area contributed by atoms with Gasteiger partial charge in [-0.25, -0.2) is 4.98 Å². The van der Waals surface area contributed by atoms with Gasteiger partial charge in [-0.2, -0.15) is 0 Å². The number of anilines is 1. The first-order valence-corrected chi connectivity index (χ1v) is 9.22. The Kier molecular flexibility index (Phi) is 4.41. The largest absolute Gasteiger partial charge is 0.375 e. The predicted molar refractivity (Wildman–Crippen MR) is 108 cm³/mol. The molecule has 26 heavy (non-hydrogen) atoms. The quantitative estimate of drug-likeness (QED) is 0.512. The summed E-state index contributed by atoms with van der Waals surface area (Å²) in [6.45, 7) is 1.97. The van der Waals surface area contributed by atoms with Gasteiger partial charge >= 0.3 is 0 Å². The second kappa shape index (κ2) is 6.86. The fraction of sp³-hybridized carbons (Fsp3) is 0.0500.